The van der Waals surface area contributed by atoms with Crippen LogP contribution in [0.25, 0.3) is 0 Å². The molecular weight excluding hydrogens is 204 g/mol. The number of hydrogen-bond acceptors (Lipinski definition) is 0. The molecule has 2 heteroatoms. The van der Waals surface area contributed by atoms with Crippen molar-refractivity contribution < 1.29 is 0 Å². The average Bonchev–Trinajstić information content (AvgIpc) is 2.05. The molecule has 0 aliphatic rings. The van der Waals surface area contributed by atoms with E-state index in [4.69, 9.17) is 10.0 Å². The second-order valence-electron chi connectivity index (χ2n) is 2.12. The van der Waals surface area contributed by atoms with Crippen LogP contribution in [0.1, 0.15) is 6.92 Å². The molecule has 10 heavy (non-hydrogen) atoms. The third kappa shape index (κ3) is 2.03. The van der Waals surface area contributed by atoms with Crippen molar-refractivity contribution >= 4 is 27.8 Å². The summed E-state index contributed by atoms with van der Waals surface area (Å²) in [6.45, 7) is 2.16. The van der Waals surface area contributed by atoms with Crippen molar-refractivity contribution in [3.05, 3.63) is 30.3 Å². The summed E-state index contributed by atoms with van der Waals surface area (Å²) in [7, 11) is 6.16. The summed E-state index contributed by atoms with van der Waals surface area (Å²) in [6.07, 6.45) is 0. The van der Waals surface area contributed by atoms with Gasteiger partial charge < -0.3 is 0 Å². The van der Waals surface area contributed by atoms with Crippen molar-refractivity contribution in [1.82, 2.24) is 0 Å². The van der Waals surface area contributed by atoms with Crippen molar-refractivity contribution in [3.8, 4) is 0 Å². The fourth-order valence-corrected chi connectivity index (χ4v) is 3.50. The monoisotopic (exact) mass is 215 g/mol. The van der Waals surface area contributed by atoms with Gasteiger partial charge >= 0.3 is 70.3 Å². The van der Waals surface area contributed by atoms with Crippen LogP contribution in [0.3, 0.4) is 0 Å². The molecule has 0 nitrogen and oxygen atoms in total. The van der Waals surface area contributed by atoms with E-state index in [-0.39, 0.29) is 0 Å². The molecule has 0 aliphatic carbocycles. The van der Waals surface area contributed by atoms with Crippen molar-refractivity contribution in [2.24, 2.45) is 0 Å². The molecular formula is C8H10ClGe. The van der Waals surface area contributed by atoms with Gasteiger partial charge in [-0.25, -0.2) is 0 Å². The Kier molecular flexibility index (Phi) is 3.29. The van der Waals surface area contributed by atoms with Gasteiger partial charge in [-0.05, 0) is 0 Å². The van der Waals surface area contributed by atoms with Gasteiger partial charge in [0.1, 0.15) is 0 Å². The van der Waals surface area contributed by atoms with Crippen LogP contribution in [0, 0.1) is 0 Å². The Bertz CT molecular complexity index is 186. The summed E-state index contributed by atoms with van der Waals surface area (Å²) in [6, 6.07) is 10.4. The molecule has 0 heterocycles. The van der Waals surface area contributed by atoms with Gasteiger partial charge in [-0.2, -0.15) is 0 Å². The predicted molar refractivity (Wildman–Crippen MR) is 48.2 cm³/mol. The van der Waals surface area contributed by atoms with E-state index in [9.17, 15) is 0 Å². The molecule has 1 radical (unpaired) electrons. The first-order valence-corrected chi connectivity index (χ1v) is 8.70. The van der Waals surface area contributed by atoms with E-state index in [1.807, 2.05) is 6.07 Å². The zero-order valence-corrected chi connectivity index (χ0v) is 8.83. The molecule has 53 valence electrons. The first kappa shape index (κ1) is 8.15. The maximum absolute atomic E-state index is 6.16. The molecule has 1 aromatic rings. The third-order valence-corrected chi connectivity index (χ3v) is 7.24. The van der Waals surface area contributed by atoms with Crippen LogP contribution in [0.15, 0.2) is 30.3 Å². The van der Waals surface area contributed by atoms with Crippen LogP contribution >= 0.6 is 10.0 Å². The van der Waals surface area contributed by atoms with Gasteiger partial charge in [0.25, 0.3) is 0 Å². The van der Waals surface area contributed by atoms with E-state index >= 15 is 0 Å². The summed E-state index contributed by atoms with van der Waals surface area (Å²) in [5.74, 6) is 0. The topological polar surface area (TPSA) is 0 Å². The third-order valence-electron chi connectivity index (χ3n) is 1.40. The molecule has 1 aromatic carbocycles. The summed E-state index contributed by atoms with van der Waals surface area (Å²) in [5, 5.41) is 1.16. The number of halogens is 1. The average molecular weight is 214 g/mol. The van der Waals surface area contributed by atoms with Crippen molar-refractivity contribution in [2.45, 2.75) is 12.2 Å². The van der Waals surface area contributed by atoms with Crippen LogP contribution in [-0.4, -0.2) is 13.4 Å². The van der Waals surface area contributed by atoms with Crippen molar-refractivity contribution in [1.29, 1.82) is 0 Å². The second-order valence-corrected chi connectivity index (χ2v) is 8.89. The van der Waals surface area contributed by atoms with Gasteiger partial charge in [0.05, 0.1) is 0 Å². The Morgan fingerprint density at radius 3 is 2.40 bits per heavy atom. The summed E-state index contributed by atoms with van der Waals surface area (Å²) in [5.41, 5.74) is 0. The molecule has 0 saturated heterocycles. The first-order chi connectivity index (χ1) is 4.84. The Morgan fingerprint density at radius 2 is 1.90 bits per heavy atom. The van der Waals surface area contributed by atoms with Crippen LogP contribution in [0.4, 0.5) is 0 Å². The van der Waals surface area contributed by atoms with Gasteiger partial charge in [0.15, 0.2) is 0 Å². The molecule has 0 saturated carbocycles. The van der Waals surface area contributed by atoms with Gasteiger partial charge in [-0.1, -0.05) is 0 Å². The zero-order valence-electron chi connectivity index (χ0n) is 5.97. The number of benzene rings is 1. The second kappa shape index (κ2) is 4.04. The standard InChI is InChI=1S/C8H10ClGe/c1-2-10(9)8-6-4-3-5-7-8/h3-7H,2H2,1H3. The van der Waals surface area contributed by atoms with Crippen molar-refractivity contribution in [2.75, 3.05) is 0 Å². The fraction of sp³-hybridized carbons (Fsp3) is 0.250. The molecule has 0 spiro atoms. The normalized spacial score (nSPS) is 10.3. The number of rotatable bonds is 2. The van der Waals surface area contributed by atoms with Crippen molar-refractivity contribution in [3.63, 3.8) is 0 Å². The molecule has 1 rings (SSSR count). The van der Waals surface area contributed by atoms with Crippen LogP contribution < -0.4 is 4.40 Å². The molecule has 0 fully saturated rings. The van der Waals surface area contributed by atoms with E-state index in [0.29, 0.717) is 0 Å². The predicted octanol–water partition coefficient (Wildman–Crippen LogP) is 2.14. The Morgan fingerprint density at radius 1 is 1.30 bits per heavy atom. The summed E-state index contributed by atoms with van der Waals surface area (Å²) in [4.78, 5) is 0. The molecule has 0 aliphatic heterocycles. The van der Waals surface area contributed by atoms with E-state index in [2.05, 4.69) is 31.2 Å². The van der Waals surface area contributed by atoms with E-state index in [1.54, 1.807) is 0 Å². The zero-order chi connectivity index (χ0) is 7.40. The maximum atomic E-state index is 6.16. The molecule has 0 bridgehead atoms. The first-order valence-electron chi connectivity index (χ1n) is 3.41. The van der Waals surface area contributed by atoms with Gasteiger partial charge in [0, 0.05) is 0 Å². The molecule has 0 aromatic heterocycles. The van der Waals surface area contributed by atoms with Gasteiger partial charge in [-0.15, -0.1) is 0 Å². The SMILES string of the molecule is C[CH2][Ge]([Cl])[c]1ccccc1. The minimum atomic E-state index is -1.32. The van der Waals surface area contributed by atoms with Crippen LogP contribution in [-0.2, 0) is 0 Å². The molecule has 0 N–H and O–H groups in total. The van der Waals surface area contributed by atoms with E-state index < -0.39 is 13.4 Å². The van der Waals surface area contributed by atoms with Gasteiger partial charge in [-0.3, -0.25) is 0 Å². The molecule has 0 atom stereocenters. The van der Waals surface area contributed by atoms with E-state index in [1.165, 1.54) is 4.40 Å². The van der Waals surface area contributed by atoms with Gasteiger partial charge in [0.2, 0.25) is 0 Å². The fourth-order valence-electron chi connectivity index (χ4n) is 0.823. The summed E-state index contributed by atoms with van der Waals surface area (Å²) >= 11 is -1.32. The quantitative estimate of drug-likeness (QED) is 0.662. The molecule has 0 amide bonds. The summed E-state index contributed by atoms with van der Waals surface area (Å²) < 4.78 is 1.38. The molecule has 0 unspecified atom stereocenters. The van der Waals surface area contributed by atoms with Crippen LogP contribution in [0.5, 0.6) is 0 Å². The van der Waals surface area contributed by atoms with Crippen LogP contribution in [0.2, 0.25) is 5.25 Å². The Balaban J connectivity index is 2.75. The Labute approximate surface area is 70.5 Å². The minimum absolute atomic E-state index is 1.16. The number of hydrogen-bond donors (Lipinski definition) is 0. The Hall–Kier alpha value is 0.0529. The van der Waals surface area contributed by atoms with E-state index in [0.717, 1.165) is 5.25 Å².